The number of halogens is 1. The van der Waals surface area contributed by atoms with E-state index >= 15 is 0 Å². The van der Waals surface area contributed by atoms with Gasteiger partial charge >= 0.3 is 0 Å². The molecule has 1 rings (SSSR count). The van der Waals surface area contributed by atoms with Crippen molar-refractivity contribution in [3.8, 4) is 0 Å². The lowest BCUT2D eigenvalue weighted by Crippen LogP contribution is -2.45. The number of benzene rings is 1. The standard InChI is InChI=1S/C14H21BrN4O/c1-14(2,3)19-13(16)17-9-8-12(20)18-11-6-4-10(15)5-7-11/h4-7H,8-9H2,1-3H3,(H,18,20)(H3,16,17,19). The summed E-state index contributed by atoms with van der Waals surface area (Å²) >= 11 is 3.34. The van der Waals surface area contributed by atoms with Gasteiger partial charge in [-0.15, -0.1) is 0 Å². The summed E-state index contributed by atoms with van der Waals surface area (Å²) in [6.45, 7) is 6.35. The van der Waals surface area contributed by atoms with Gasteiger partial charge in [-0.2, -0.15) is 0 Å². The molecule has 0 fully saturated rings. The molecule has 0 aliphatic heterocycles. The summed E-state index contributed by atoms with van der Waals surface area (Å²) in [5.41, 5.74) is 6.35. The van der Waals surface area contributed by atoms with Crippen LogP contribution in [0.3, 0.4) is 0 Å². The highest BCUT2D eigenvalue weighted by Crippen LogP contribution is 2.14. The van der Waals surface area contributed by atoms with E-state index in [1.807, 2.05) is 45.0 Å². The van der Waals surface area contributed by atoms with E-state index in [-0.39, 0.29) is 11.4 Å². The van der Waals surface area contributed by atoms with Gasteiger partial charge < -0.3 is 16.4 Å². The Morgan fingerprint density at radius 1 is 1.30 bits per heavy atom. The third-order valence-corrected chi connectivity index (χ3v) is 2.78. The van der Waals surface area contributed by atoms with Gasteiger partial charge in [0.05, 0.1) is 6.54 Å². The molecular weight excluding hydrogens is 320 g/mol. The summed E-state index contributed by atoms with van der Waals surface area (Å²) in [6.07, 6.45) is 0.294. The van der Waals surface area contributed by atoms with Crippen molar-refractivity contribution in [3.05, 3.63) is 28.7 Å². The van der Waals surface area contributed by atoms with Crippen molar-refractivity contribution >= 4 is 33.5 Å². The smallest absolute Gasteiger partial charge is 0.226 e. The van der Waals surface area contributed by atoms with Gasteiger partial charge in [-0.3, -0.25) is 9.79 Å². The van der Waals surface area contributed by atoms with Crippen LogP contribution in [-0.2, 0) is 4.79 Å². The van der Waals surface area contributed by atoms with Crippen LogP contribution in [0.5, 0.6) is 0 Å². The van der Waals surface area contributed by atoms with Crippen LogP contribution in [0.25, 0.3) is 0 Å². The summed E-state index contributed by atoms with van der Waals surface area (Å²) in [5, 5.41) is 5.84. The molecule has 0 aliphatic rings. The fourth-order valence-corrected chi connectivity index (χ4v) is 1.72. The first kappa shape index (κ1) is 16.5. The average Bonchev–Trinajstić information content (AvgIpc) is 2.29. The Bertz CT molecular complexity index is 477. The highest BCUT2D eigenvalue weighted by molar-refractivity contribution is 9.10. The Morgan fingerprint density at radius 2 is 1.90 bits per heavy atom. The van der Waals surface area contributed by atoms with Crippen LogP contribution < -0.4 is 16.4 Å². The van der Waals surface area contributed by atoms with Crippen LogP contribution in [0.1, 0.15) is 27.2 Å². The van der Waals surface area contributed by atoms with E-state index in [4.69, 9.17) is 5.73 Å². The van der Waals surface area contributed by atoms with Crippen molar-refractivity contribution in [2.45, 2.75) is 32.7 Å². The quantitative estimate of drug-likeness (QED) is 0.581. The predicted molar refractivity (Wildman–Crippen MR) is 86.8 cm³/mol. The number of aliphatic imine (C=N–C) groups is 1. The number of hydrogen-bond acceptors (Lipinski definition) is 2. The molecule has 0 heterocycles. The Morgan fingerprint density at radius 3 is 2.45 bits per heavy atom. The Labute approximate surface area is 128 Å². The second-order valence-corrected chi connectivity index (χ2v) is 6.36. The van der Waals surface area contributed by atoms with Crippen molar-refractivity contribution in [2.75, 3.05) is 11.9 Å². The molecule has 1 aromatic rings. The minimum absolute atomic E-state index is 0.0837. The van der Waals surface area contributed by atoms with Gasteiger partial charge in [-0.1, -0.05) is 15.9 Å². The number of nitrogens with one attached hydrogen (secondary N) is 2. The maximum absolute atomic E-state index is 11.7. The Kier molecular flexibility index (Phi) is 6.01. The maximum Gasteiger partial charge on any atom is 0.226 e. The topological polar surface area (TPSA) is 79.5 Å². The summed E-state index contributed by atoms with van der Waals surface area (Å²) in [6, 6.07) is 7.42. The Balaban J connectivity index is 2.36. The van der Waals surface area contributed by atoms with E-state index < -0.39 is 0 Å². The van der Waals surface area contributed by atoms with Gasteiger partial charge in [0.15, 0.2) is 5.96 Å². The van der Waals surface area contributed by atoms with E-state index in [2.05, 4.69) is 31.6 Å². The number of hydrogen-bond donors (Lipinski definition) is 3. The zero-order chi connectivity index (χ0) is 15.2. The molecule has 0 unspecified atom stereocenters. The summed E-state index contributed by atoms with van der Waals surface area (Å²) in [5.74, 6) is 0.272. The first-order chi connectivity index (χ1) is 9.26. The van der Waals surface area contributed by atoms with Gasteiger partial charge in [0, 0.05) is 22.1 Å². The molecule has 0 spiro atoms. The lowest BCUT2D eigenvalue weighted by atomic mass is 10.1. The van der Waals surface area contributed by atoms with Gasteiger partial charge in [0.25, 0.3) is 0 Å². The van der Waals surface area contributed by atoms with Gasteiger partial charge in [-0.05, 0) is 45.0 Å². The molecule has 0 aromatic heterocycles. The SMILES string of the molecule is CC(C)(C)NC(N)=NCCC(=O)Nc1ccc(Br)cc1. The van der Waals surface area contributed by atoms with Crippen LogP contribution >= 0.6 is 15.9 Å². The summed E-state index contributed by atoms with van der Waals surface area (Å²) < 4.78 is 0.973. The van der Waals surface area contributed by atoms with Crippen molar-refractivity contribution < 1.29 is 4.79 Å². The van der Waals surface area contributed by atoms with Crippen molar-refractivity contribution in [3.63, 3.8) is 0 Å². The van der Waals surface area contributed by atoms with E-state index in [0.717, 1.165) is 10.2 Å². The molecule has 1 amide bonds. The molecule has 0 bridgehead atoms. The second-order valence-electron chi connectivity index (χ2n) is 5.45. The number of guanidine groups is 1. The molecule has 6 heteroatoms. The summed E-state index contributed by atoms with van der Waals surface area (Å²) in [4.78, 5) is 15.8. The van der Waals surface area contributed by atoms with Crippen LogP contribution in [-0.4, -0.2) is 24.0 Å². The van der Waals surface area contributed by atoms with E-state index in [1.54, 1.807) is 0 Å². The van der Waals surface area contributed by atoms with Gasteiger partial charge in [0.1, 0.15) is 0 Å². The number of rotatable bonds is 4. The highest BCUT2D eigenvalue weighted by Gasteiger charge is 2.09. The molecule has 5 nitrogen and oxygen atoms in total. The lowest BCUT2D eigenvalue weighted by Gasteiger charge is -2.20. The summed E-state index contributed by atoms with van der Waals surface area (Å²) in [7, 11) is 0. The molecule has 0 saturated heterocycles. The minimum atomic E-state index is -0.132. The number of nitrogens with two attached hydrogens (primary N) is 1. The van der Waals surface area contributed by atoms with E-state index in [9.17, 15) is 4.79 Å². The number of amides is 1. The first-order valence-electron chi connectivity index (χ1n) is 6.40. The average molecular weight is 341 g/mol. The highest BCUT2D eigenvalue weighted by atomic mass is 79.9. The monoisotopic (exact) mass is 340 g/mol. The minimum Gasteiger partial charge on any atom is -0.370 e. The number of carbonyl (C=O) groups excluding carboxylic acids is 1. The van der Waals surface area contributed by atoms with Crippen LogP contribution in [0, 0.1) is 0 Å². The van der Waals surface area contributed by atoms with Gasteiger partial charge in [-0.25, -0.2) is 0 Å². The predicted octanol–water partition coefficient (Wildman–Crippen LogP) is 2.48. The van der Waals surface area contributed by atoms with Crippen molar-refractivity contribution in [1.82, 2.24) is 5.32 Å². The van der Waals surface area contributed by atoms with Gasteiger partial charge in [0.2, 0.25) is 5.91 Å². The Hall–Kier alpha value is -1.56. The first-order valence-corrected chi connectivity index (χ1v) is 7.19. The zero-order valence-corrected chi connectivity index (χ0v) is 13.6. The fourth-order valence-electron chi connectivity index (χ4n) is 1.46. The van der Waals surface area contributed by atoms with Crippen LogP contribution in [0.15, 0.2) is 33.7 Å². The van der Waals surface area contributed by atoms with Crippen molar-refractivity contribution in [1.29, 1.82) is 0 Å². The third kappa shape index (κ3) is 7.13. The van der Waals surface area contributed by atoms with Crippen LogP contribution in [0.4, 0.5) is 5.69 Å². The number of anilines is 1. The molecule has 0 saturated carbocycles. The molecule has 0 atom stereocenters. The molecule has 4 N–H and O–H groups in total. The molecule has 0 radical (unpaired) electrons. The van der Waals surface area contributed by atoms with E-state index in [0.29, 0.717) is 18.9 Å². The normalized spacial score (nSPS) is 12.1. The molecule has 20 heavy (non-hydrogen) atoms. The third-order valence-electron chi connectivity index (χ3n) is 2.25. The zero-order valence-electron chi connectivity index (χ0n) is 12.0. The molecule has 0 aliphatic carbocycles. The number of nitrogens with zero attached hydrogens (tertiary/aromatic N) is 1. The molecular formula is C14H21BrN4O. The fraction of sp³-hybridized carbons (Fsp3) is 0.429. The van der Waals surface area contributed by atoms with Crippen LogP contribution in [0.2, 0.25) is 0 Å². The second kappa shape index (κ2) is 7.28. The molecule has 110 valence electrons. The lowest BCUT2D eigenvalue weighted by molar-refractivity contribution is -0.116. The van der Waals surface area contributed by atoms with Crippen molar-refractivity contribution in [2.24, 2.45) is 10.7 Å². The molecule has 1 aromatic carbocycles. The van der Waals surface area contributed by atoms with E-state index in [1.165, 1.54) is 0 Å². The maximum atomic E-state index is 11.7. The largest absolute Gasteiger partial charge is 0.370 e. The number of carbonyl (C=O) groups is 1.